The van der Waals surface area contributed by atoms with E-state index in [0.717, 1.165) is 5.56 Å². The third-order valence-corrected chi connectivity index (χ3v) is 5.04. The van der Waals surface area contributed by atoms with Crippen molar-refractivity contribution in [3.05, 3.63) is 83.4 Å². The van der Waals surface area contributed by atoms with Crippen LogP contribution >= 0.6 is 0 Å². The van der Waals surface area contributed by atoms with Crippen LogP contribution in [-0.2, 0) is 6.54 Å². The Bertz CT molecular complexity index is 1110. The van der Waals surface area contributed by atoms with E-state index in [4.69, 9.17) is 9.47 Å². The smallest absolute Gasteiger partial charge is 0.262 e. The summed E-state index contributed by atoms with van der Waals surface area (Å²) in [6.07, 6.45) is 0. The molecule has 1 N–H and O–H groups in total. The quantitative estimate of drug-likeness (QED) is 0.687. The van der Waals surface area contributed by atoms with Crippen molar-refractivity contribution in [2.45, 2.75) is 13.5 Å². The number of rotatable bonds is 5. The maximum absolute atomic E-state index is 13.0. The lowest BCUT2D eigenvalue weighted by Gasteiger charge is -2.20. The fourth-order valence-electron chi connectivity index (χ4n) is 3.50. The number of amides is 2. The molecular weight excluding hydrogens is 380 g/mol. The lowest BCUT2D eigenvalue weighted by Crippen LogP contribution is -2.30. The molecule has 0 unspecified atom stereocenters. The molecule has 1 aliphatic heterocycles. The SMILES string of the molecule is CCN1C(=O)c2ccccc2Oc2ccc(C(=O)NCc3ccccc3OC)cc21. The van der Waals surface area contributed by atoms with Gasteiger partial charge in [0.15, 0.2) is 5.75 Å². The van der Waals surface area contributed by atoms with Crippen LogP contribution in [0.25, 0.3) is 0 Å². The molecule has 0 aromatic heterocycles. The summed E-state index contributed by atoms with van der Waals surface area (Å²) in [5, 5.41) is 2.91. The highest BCUT2D eigenvalue weighted by Gasteiger charge is 2.27. The second kappa shape index (κ2) is 8.29. The van der Waals surface area contributed by atoms with E-state index in [-0.39, 0.29) is 11.8 Å². The highest BCUT2D eigenvalue weighted by atomic mass is 16.5. The third kappa shape index (κ3) is 3.59. The molecule has 0 atom stereocenters. The molecule has 0 spiro atoms. The van der Waals surface area contributed by atoms with Gasteiger partial charge in [0.25, 0.3) is 11.8 Å². The van der Waals surface area contributed by atoms with Crippen molar-refractivity contribution in [3.63, 3.8) is 0 Å². The standard InChI is InChI=1S/C24H22N2O4/c1-3-26-19-14-16(23(27)25-15-17-8-4-6-10-20(17)29-2)12-13-22(19)30-21-11-7-5-9-18(21)24(26)28/h4-14H,3,15H2,1-2H3,(H,25,27). The number of anilines is 1. The predicted octanol–water partition coefficient (Wildman–Crippen LogP) is 4.40. The van der Waals surface area contributed by atoms with Crippen LogP contribution in [0.1, 0.15) is 33.2 Å². The molecule has 0 fully saturated rings. The lowest BCUT2D eigenvalue weighted by atomic mass is 10.1. The number of hydrogen-bond acceptors (Lipinski definition) is 4. The molecule has 6 heteroatoms. The van der Waals surface area contributed by atoms with Crippen LogP contribution in [-0.4, -0.2) is 25.5 Å². The van der Waals surface area contributed by atoms with E-state index in [1.165, 1.54) is 0 Å². The van der Waals surface area contributed by atoms with Crippen molar-refractivity contribution in [3.8, 4) is 17.2 Å². The molecule has 6 nitrogen and oxygen atoms in total. The summed E-state index contributed by atoms with van der Waals surface area (Å²) < 4.78 is 11.3. The molecule has 0 radical (unpaired) electrons. The summed E-state index contributed by atoms with van der Waals surface area (Å²) in [7, 11) is 1.60. The van der Waals surface area contributed by atoms with Crippen molar-refractivity contribution in [1.82, 2.24) is 5.32 Å². The normalized spacial score (nSPS) is 12.3. The zero-order valence-electron chi connectivity index (χ0n) is 16.8. The van der Waals surface area contributed by atoms with Crippen molar-refractivity contribution in [1.29, 1.82) is 0 Å². The number of carbonyl (C=O) groups is 2. The van der Waals surface area contributed by atoms with Crippen LogP contribution in [0.5, 0.6) is 17.2 Å². The number of benzene rings is 3. The van der Waals surface area contributed by atoms with E-state index >= 15 is 0 Å². The molecule has 1 heterocycles. The molecule has 4 rings (SSSR count). The van der Waals surface area contributed by atoms with Crippen molar-refractivity contribution < 1.29 is 19.1 Å². The van der Waals surface area contributed by atoms with E-state index in [1.54, 1.807) is 48.4 Å². The van der Waals surface area contributed by atoms with E-state index in [1.807, 2.05) is 37.3 Å². The topological polar surface area (TPSA) is 67.9 Å². The van der Waals surface area contributed by atoms with Crippen LogP contribution < -0.4 is 19.7 Å². The number of carbonyl (C=O) groups excluding carboxylic acids is 2. The molecule has 0 saturated heterocycles. The molecule has 0 aliphatic carbocycles. The van der Waals surface area contributed by atoms with E-state index < -0.39 is 0 Å². The lowest BCUT2D eigenvalue weighted by molar-refractivity contribution is 0.0948. The molecule has 3 aromatic rings. The van der Waals surface area contributed by atoms with E-state index in [0.29, 0.717) is 47.2 Å². The highest BCUT2D eigenvalue weighted by Crippen LogP contribution is 2.39. The van der Waals surface area contributed by atoms with E-state index in [9.17, 15) is 9.59 Å². The minimum atomic E-state index is -0.242. The van der Waals surface area contributed by atoms with Gasteiger partial charge in [0.05, 0.1) is 18.4 Å². The largest absolute Gasteiger partial charge is 0.496 e. The second-order valence-corrected chi connectivity index (χ2v) is 6.82. The van der Waals surface area contributed by atoms with Gasteiger partial charge in [-0.2, -0.15) is 0 Å². The monoisotopic (exact) mass is 402 g/mol. The zero-order chi connectivity index (χ0) is 21.1. The third-order valence-electron chi connectivity index (χ3n) is 5.04. The molecular formula is C24H22N2O4. The number of ether oxygens (including phenoxy) is 2. The number of para-hydroxylation sites is 2. The van der Waals surface area contributed by atoms with Gasteiger partial charge in [-0.05, 0) is 43.3 Å². The molecule has 1 aliphatic rings. The van der Waals surface area contributed by atoms with Gasteiger partial charge in [-0.3, -0.25) is 9.59 Å². The van der Waals surface area contributed by atoms with Crippen molar-refractivity contribution in [2.75, 3.05) is 18.6 Å². The summed E-state index contributed by atoms with van der Waals surface area (Å²) in [6, 6.07) is 19.8. The van der Waals surface area contributed by atoms with Gasteiger partial charge in [-0.15, -0.1) is 0 Å². The fourth-order valence-corrected chi connectivity index (χ4v) is 3.50. The fraction of sp³-hybridized carbons (Fsp3) is 0.167. The molecule has 3 aromatic carbocycles. The molecule has 152 valence electrons. The Kier molecular flexibility index (Phi) is 5.39. The maximum atomic E-state index is 13.0. The van der Waals surface area contributed by atoms with Crippen molar-refractivity contribution >= 4 is 17.5 Å². The van der Waals surface area contributed by atoms with Crippen molar-refractivity contribution in [2.24, 2.45) is 0 Å². The minimum Gasteiger partial charge on any atom is -0.496 e. The summed E-state index contributed by atoms with van der Waals surface area (Å²) in [6.45, 7) is 2.68. The number of hydrogen-bond donors (Lipinski definition) is 1. The van der Waals surface area contributed by atoms with Gasteiger partial charge in [-0.1, -0.05) is 30.3 Å². The first-order chi connectivity index (χ1) is 14.6. The Morgan fingerprint density at radius 3 is 2.60 bits per heavy atom. The summed E-state index contributed by atoms with van der Waals surface area (Å²) >= 11 is 0. The maximum Gasteiger partial charge on any atom is 0.262 e. The van der Waals surface area contributed by atoms with Gasteiger partial charge in [0, 0.05) is 24.2 Å². The summed E-state index contributed by atoms with van der Waals surface area (Å²) in [4.78, 5) is 27.4. The number of nitrogens with zero attached hydrogens (tertiary/aromatic N) is 1. The van der Waals surface area contributed by atoms with Gasteiger partial charge in [0.2, 0.25) is 0 Å². The molecule has 0 bridgehead atoms. The van der Waals surface area contributed by atoms with E-state index in [2.05, 4.69) is 5.32 Å². The van der Waals surface area contributed by atoms with Gasteiger partial charge in [-0.25, -0.2) is 0 Å². The Morgan fingerprint density at radius 1 is 1.03 bits per heavy atom. The Labute approximate surface area is 175 Å². The second-order valence-electron chi connectivity index (χ2n) is 6.82. The summed E-state index contributed by atoms with van der Waals surface area (Å²) in [5.41, 5.74) is 2.40. The Morgan fingerprint density at radius 2 is 1.80 bits per heavy atom. The first-order valence-corrected chi connectivity index (χ1v) is 9.75. The predicted molar refractivity (Wildman–Crippen MR) is 114 cm³/mol. The van der Waals surface area contributed by atoms with Gasteiger partial charge >= 0.3 is 0 Å². The zero-order valence-corrected chi connectivity index (χ0v) is 16.8. The number of nitrogens with one attached hydrogen (secondary N) is 1. The van der Waals surface area contributed by atoms with Crippen LogP contribution in [0.2, 0.25) is 0 Å². The Balaban J connectivity index is 1.61. The van der Waals surface area contributed by atoms with Gasteiger partial charge < -0.3 is 19.7 Å². The molecule has 30 heavy (non-hydrogen) atoms. The van der Waals surface area contributed by atoms with Crippen LogP contribution in [0, 0.1) is 0 Å². The highest BCUT2D eigenvalue weighted by molar-refractivity contribution is 6.10. The summed E-state index contributed by atoms with van der Waals surface area (Å²) in [5.74, 6) is 1.37. The first kappa shape index (κ1) is 19.5. The van der Waals surface area contributed by atoms with Gasteiger partial charge in [0.1, 0.15) is 11.5 Å². The molecule has 2 amide bonds. The number of fused-ring (bicyclic) bond motifs is 2. The average molecular weight is 402 g/mol. The minimum absolute atomic E-state index is 0.154. The average Bonchev–Trinajstić information content (AvgIpc) is 2.90. The number of methoxy groups -OCH3 is 1. The molecule has 0 saturated carbocycles. The van der Waals surface area contributed by atoms with Crippen LogP contribution in [0.15, 0.2) is 66.7 Å². The first-order valence-electron chi connectivity index (χ1n) is 9.75. The Hall–Kier alpha value is -3.80. The van der Waals surface area contributed by atoms with Crippen LogP contribution in [0.3, 0.4) is 0 Å². The van der Waals surface area contributed by atoms with Crippen LogP contribution in [0.4, 0.5) is 5.69 Å².